The minimum atomic E-state index is -0.0373. The van der Waals surface area contributed by atoms with Crippen LogP contribution < -0.4 is 10.6 Å². The molecular formula is C19H22N4O2S. The van der Waals surface area contributed by atoms with E-state index < -0.39 is 0 Å². The molecule has 0 bridgehead atoms. The minimum Gasteiger partial charge on any atom is -0.356 e. The average Bonchev–Trinajstić information content (AvgIpc) is 3.25. The first-order valence-corrected chi connectivity index (χ1v) is 9.49. The number of aromatic nitrogens is 2. The van der Waals surface area contributed by atoms with Crippen molar-refractivity contribution in [2.45, 2.75) is 32.9 Å². The number of imidazole rings is 1. The Balaban J connectivity index is 1.69. The summed E-state index contributed by atoms with van der Waals surface area (Å²) in [5, 5.41) is 7.75. The normalized spacial score (nSPS) is 10.8. The highest BCUT2D eigenvalue weighted by molar-refractivity contribution is 7.09. The van der Waals surface area contributed by atoms with Crippen molar-refractivity contribution in [3.05, 3.63) is 52.5 Å². The summed E-state index contributed by atoms with van der Waals surface area (Å²) in [5.41, 5.74) is 1.83. The van der Waals surface area contributed by atoms with Crippen LogP contribution in [0.2, 0.25) is 0 Å². The van der Waals surface area contributed by atoms with E-state index in [0.29, 0.717) is 19.5 Å². The average molecular weight is 370 g/mol. The molecule has 0 saturated heterocycles. The van der Waals surface area contributed by atoms with E-state index in [0.717, 1.165) is 28.2 Å². The van der Waals surface area contributed by atoms with Gasteiger partial charge in [-0.3, -0.25) is 9.59 Å². The van der Waals surface area contributed by atoms with Crippen molar-refractivity contribution in [1.29, 1.82) is 0 Å². The Hall–Kier alpha value is -2.67. The maximum Gasteiger partial charge on any atom is 0.240 e. The molecule has 6 nitrogen and oxygen atoms in total. The summed E-state index contributed by atoms with van der Waals surface area (Å²) in [4.78, 5) is 29.2. The van der Waals surface area contributed by atoms with Gasteiger partial charge in [0.05, 0.1) is 17.6 Å². The monoisotopic (exact) mass is 370 g/mol. The fourth-order valence-corrected chi connectivity index (χ4v) is 3.45. The number of nitrogens with one attached hydrogen (secondary N) is 2. The van der Waals surface area contributed by atoms with Gasteiger partial charge in [-0.25, -0.2) is 4.98 Å². The SMILES string of the molecule is CC(=O)NCCCc1nc2ccccc2n1CC(=O)NCc1cccs1. The largest absolute Gasteiger partial charge is 0.356 e. The highest BCUT2D eigenvalue weighted by atomic mass is 32.1. The van der Waals surface area contributed by atoms with Gasteiger partial charge in [0.25, 0.3) is 0 Å². The van der Waals surface area contributed by atoms with Crippen molar-refractivity contribution in [3.63, 3.8) is 0 Å². The number of fused-ring (bicyclic) bond motifs is 1. The molecule has 7 heteroatoms. The van der Waals surface area contributed by atoms with Crippen molar-refractivity contribution in [2.24, 2.45) is 0 Å². The molecule has 2 heterocycles. The predicted molar refractivity (Wildman–Crippen MR) is 103 cm³/mol. The Kier molecular flexibility index (Phi) is 6.01. The van der Waals surface area contributed by atoms with Gasteiger partial charge in [0, 0.05) is 24.8 Å². The third-order valence-electron chi connectivity index (χ3n) is 4.03. The molecule has 2 amide bonds. The highest BCUT2D eigenvalue weighted by Gasteiger charge is 2.13. The van der Waals surface area contributed by atoms with Crippen LogP contribution in [0.1, 0.15) is 24.0 Å². The molecule has 0 aliphatic rings. The van der Waals surface area contributed by atoms with Crippen LogP contribution in [0.4, 0.5) is 0 Å². The van der Waals surface area contributed by atoms with Gasteiger partial charge < -0.3 is 15.2 Å². The fourth-order valence-electron chi connectivity index (χ4n) is 2.80. The molecule has 3 rings (SSSR count). The molecule has 0 atom stereocenters. The van der Waals surface area contributed by atoms with Crippen LogP contribution in [-0.4, -0.2) is 27.9 Å². The van der Waals surface area contributed by atoms with Crippen molar-refractivity contribution < 1.29 is 9.59 Å². The Morgan fingerprint density at radius 1 is 1.15 bits per heavy atom. The lowest BCUT2D eigenvalue weighted by molar-refractivity contribution is -0.122. The molecule has 136 valence electrons. The Labute approximate surface area is 156 Å². The lowest BCUT2D eigenvalue weighted by Crippen LogP contribution is -2.27. The predicted octanol–water partition coefficient (Wildman–Crippen LogP) is 2.48. The lowest BCUT2D eigenvalue weighted by Gasteiger charge is -2.10. The molecule has 26 heavy (non-hydrogen) atoms. The molecule has 3 aromatic rings. The van der Waals surface area contributed by atoms with Gasteiger partial charge in [-0.2, -0.15) is 0 Å². The number of rotatable bonds is 8. The summed E-state index contributed by atoms with van der Waals surface area (Å²) < 4.78 is 1.97. The zero-order valence-electron chi connectivity index (χ0n) is 14.7. The van der Waals surface area contributed by atoms with Gasteiger partial charge in [-0.1, -0.05) is 18.2 Å². The van der Waals surface area contributed by atoms with Crippen LogP contribution in [0.5, 0.6) is 0 Å². The maximum atomic E-state index is 12.4. The molecule has 0 saturated carbocycles. The number of hydrogen-bond donors (Lipinski definition) is 2. The summed E-state index contributed by atoms with van der Waals surface area (Å²) in [6.07, 6.45) is 1.48. The smallest absolute Gasteiger partial charge is 0.240 e. The number of amides is 2. The van der Waals surface area contributed by atoms with Crippen molar-refractivity contribution in [2.75, 3.05) is 6.54 Å². The van der Waals surface area contributed by atoms with E-state index in [2.05, 4.69) is 15.6 Å². The fraction of sp³-hybridized carbons (Fsp3) is 0.316. The maximum absolute atomic E-state index is 12.4. The van der Waals surface area contributed by atoms with E-state index in [1.165, 1.54) is 6.92 Å². The van der Waals surface area contributed by atoms with E-state index >= 15 is 0 Å². The van der Waals surface area contributed by atoms with Crippen molar-refractivity contribution in [3.8, 4) is 0 Å². The van der Waals surface area contributed by atoms with E-state index in [1.807, 2.05) is 46.3 Å². The quantitative estimate of drug-likeness (QED) is 0.598. The summed E-state index contributed by atoms with van der Waals surface area (Å²) in [7, 11) is 0. The van der Waals surface area contributed by atoms with Gasteiger partial charge in [0.15, 0.2) is 0 Å². The molecule has 2 aromatic heterocycles. The van der Waals surface area contributed by atoms with Gasteiger partial charge in [0.1, 0.15) is 12.4 Å². The van der Waals surface area contributed by atoms with Crippen LogP contribution in [-0.2, 0) is 29.1 Å². The summed E-state index contributed by atoms with van der Waals surface area (Å²) in [5.74, 6) is 0.791. The summed E-state index contributed by atoms with van der Waals surface area (Å²) in [6.45, 7) is 2.89. The molecule has 0 spiro atoms. The van der Waals surface area contributed by atoms with E-state index in [1.54, 1.807) is 11.3 Å². The van der Waals surface area contributed by atoms with Crippen LogP contribution in [0.25, 0.3) is 11.0 Å². The highest BCUT2D eigenvalue weighted by Crippen LogP contribution is 2.17. The minimum absolute atomic E-state index is 0.0357. The molecule has 0 aliphatic heterocycles. The second-order valence-electron chi connectivity index (χ2n) is 6.05. The van der Waals surface area contributed by atoms with Crippen LogP contribution in [0.3, 0.4) is 0 Å². The first-order chi connectivity index (χ1) is 12.6. The molecule has 0 radical (unpaired) electrons. The number of carbonyl (C=O) groups is 2. The first kappa shape index (κ1) is 18.1. The Bertz CT molecular complexity index is 886. The van der Waals surface area contributed by atoms with E-state index in [9.17, 15) is 9.59 Å². The number of carbonyl (C=O) groups excluding carboxylic acids is 2. The van der Waals surface area contributed by atoms with Gasteiger partial charge in [0.2, 0.25) is 11.8 Å². The number of aryl methyl sites for hydroxylation is 1. The van der Waals surface area contributed by atoms with E-state index in [4.69, 9.17) is 0 Å². The van der Waals surface area contributed by atoms with Crippen molar-refractivity contribution >= 4 is 34.2 Å². The standard InChI is InChI=1S/C19H22N4O2S/c1-14(24)20-10-4-9-18-22-16-7-2-3-8-17(16)23(18)13-19(25)21-12-15-6-5-11-26-15/h2-3,5-8,11H,4,9-10,12-13H2,1H3,(H,20,24)(H,21,25). The molecule has 0 aliphatic carbocycles. The topological polar surface area (TPSA) is 76.0 Å². The zero-order chi connectivity index (χ0) is 18.4. The number of benzene rings is 1. The van der Waals surface area contributed by atoms with Crippen LogP contribution >= 0.6 is 11.3 Å². The first-order valence-electron chi connectivity index (χ1n) is 8.61. The van der Waals surface area contributed by atoms with Gasteiger partial charge in [-0.15, -0.1) is 11.3 Å². The number of nitrogens with zero attached hydrogens (tertiary/aromatic N) is 2. The molecule has 1 aromatic carbocycles. The lowest BCUT2D eigenvalue weighted by atomic mass is 10.3. The number of hydrogen-bond acceptors (Lipinski definition) is 4. The Morgan fingerprint density at radius 3 is 2.77 bits per heavy atom. The number of para-hydroxylation sites is 2. The third-order valence-corrected chi connectivity index (χ3v) is 4.90. The second-order valence-corrected chi connectivity index (χ2v) is 7.08. The second kappa shape index (κ2) is 8.62. The van der Waals surface area contributed by atoms with E-state index in [-0.39, 0.29) is 18.4 Å². The van der Waals surface area contributed by atoms with Gasteiger partial charge in [-0.05, 0) is 30.0 Å². The molecule has 0 unspecified atom stereocenters. The zero-order valence-corrected chi connectivity index (χ0v) is 15.5. The van der Waals surface area contributed by atoms with Crippen molar-refractivity contribution in [1.82, 2.24) is 20.2 Å². The summed E-state index contributed by atoms with van der Waals surface area (Å²) in [6, 6.07) is 11.8. The molecule has 0 fully saturated rings. The molecule has 2 N–H and O–H groups in total. The summed E-state index contributed by atoms with van der Waals surface area (Å²) >= 11 is 1.63. The Morgan fingerprint density at radius 2 is 2.00 bits per heavy atom. The number of thiophene rings is 1. The van der Waals surface area contributed by atoms with Crippen LogP contribution in [0, 0.1) is 0 Å². The molecular weight excluding hydrogens is 348 g/mol. The third kappa shape index (κ3) is 4.70. The van der Waals surface area contributed by atoms with Gasteiger partial charge >= 0.3 is 0 Å². The van der Waals surface area contributed by atoms with Crippen LogP contribution in [0.15, 0.2) is 41.8 Å².